The number of nitrogens with one attached hydrogen (secondary N) is 2. The molecule has 2 aromatic carbocycles. The molecule has 12 heteroatoms. The Labute approximate surface area is 188 Å². The van der Waals surface area contributed by atoms with Gasteiger partial charge in [0.15, 0.2) is 0 Å². The van der Waals surface area contributed by atoms with E-state index in [1.54, 1.807) is 30.3 Å². The zero-order valence-corrected chi connectivity index (χ0v) is 18.2. The summed E-state index contributed by atoms with van der Waals surface area (Å²) in [4.78, 5) is 21.7. The summed E-state index contributed by atoms with van der Waals surface area (Å²) in [6, 6.07) is 12.2. The van der Waals surface area contributed by atoms with Crippen molar-refractivity contribution in [3.8, 4) is 0 Å². The van der Waals surface area contributed by atoms with Gasteiger partial charge in [-0.05, 0) is 48.2 Å². The highest BCUT2D eigenvalue weighted by molar-refractivity contribution is 7.89. The molecule has 0 saturated carbocycles. The van der Waals surface area contributed by atoms with Crippen LogP contribution in [0.5, 0.6) is 0 Å². The third-order valence-corrected chi connectivity index (χ3v) is 7.12. The monoisotopic (exact) mass is 485 g/mol. The van der Waals surface area contributed by atoms with Crippen molar-refractivity contribution in [3.63, 3.8) is 0 Å². The van der Waals surface area contributed by atoms with Crippen LogP contribution in [0.15, 0.2) is 47.4 Å². The standard InChI is InChI=1S/C19H21N3O3S.C2HF3O2/c23-19(14-7-8-15-12-20-13-16(15)11-14)21-17-5-1-2-6-18(17)26(24,25)22-9-3-4-10-22;3-2(4,5)1(6)7/h1-2,5-8,11,20H,3-4,9-10,12-13H2,(H,21,23);(H,6,7). The van der Waals surface area contributed by atoms with E-state index in [1.165, 1.54) is 9.87 Å². The van der Waals surface area contributed by atoms with E-state index in [4.69, 9.17) is 9.90 Å². The maximum atomic E-state index is 12.9. The zero-order valence-electron chi connectivity index (χ0n) is 17.4. The lowest BCUT2D eigenvalue weighted by Crippen LogP contribution is -2.29. The average molecular weight is 485 g/mol. The van der Waals surface area contributed by atoms with Gasteiger partial charge in [-0.1, -0.05) is 18.2 Å². The van der Waals surface area contributed by atoms with Crippen molar-refractivity contribution in [3.05, 3.63) is 59.2 Å². The number of carbonyl (C=O) groups is 2. The molecule has 3 N–H and O–H groups in total. The predicted octanol–water partition coefficient (Wildman–Crippen LogP) is 2.96. The number of nitrogens with zero attached hydrogens (tertiary/aromatic N) is 1. The van der Waals surface area contributed by atoms with E-state index < -0.39 is 22.2 Å². The minimum absolute atomic E-state index is 0.151. The first-order valence-corrected chi connectivity index (χ1v) is 11.5. The molecular formula is C21H22F3N3O5S. The van der Waals surface area contributed by atoms with Gasteiger partial charge in [0.25, 0.3) is 5.91 Å². The number of anilines is 1. The Morgan fingerprint density at radius 2 is 1.61 bits per heavy atom. The fourth-order valence-electron chi connectivity index (χ4n) is 3.49. The smallest absolute Gasteiger partial charge is 0.475 e. The van der Waals surface area contributed by atoms with Crippen LogP contribution in [0.2, 0.25) is 0 Å². The number of carboxylic acid groups (broad SMARTS) is 1. The van der Waals surface area contributed by atoms with Crippen LogP contribution in [0.4, 0.5) is 18.9 Å². The topological polar surface area (TPSA) is 116 Å². The zero-order chi connectivity index (χ0) is 24.2. The number of para-hydroxylation sites is 1. The molecule has 1 fully saturated rings. The number of hydrogen-bond donors (Lipinski definition) is 3. The van der Waals surface area contributed by atoms with E-state index in [0.29, 0.717) is 24.3 Å². The quantitative estimate of drug-likeness (QED) is 0.613. The number of fused-ring (bicyclic) bond motifs is 1. The fourth-order valence-corrected chi connectivity index (χ4v) is 5.16. The van der Waals surface area contributed by atoms with E-state index >= 15 is 0 Å². The highest BCUT2D eigenvalue weighted by atomic mass is 32.2. The van der Waals surface area contributed by atoms with Gasteiger partial charge in [0.05, 0.1) is 5.69 Å². The summed E-state index contributed by atoms with van der Waals surface area (Å²) in [5, 5.41) is 13.2. The Bertz CT molecular complexity index is 1150. The number of aliphatic carboxylic acids is 1. The summed E-state index contributed by atoms with van der Waals surface area (Å²) >= 11 is 0. The molecule has 33 heavy (non-hydrogen) atoms. The van der Waals surface area contributed by atoms with E-state index in [2.05, 4.69) is 10.6 Å². The number of rotatable bonds is 4. The second-order valence-corrected chi connectivity index (χ2v) is 9.36. The number of hydrogen-bond acceptors (Lipinski definition) is 5. The Hall–Kier alpha value is -2.96. The van der Waals surface area contributed by atoms with Gasteiger partial charge in [0, 0.05) is 31.7 Å². The van der Waals surface area contributed by atoms with Gasteiger partial charge in [-0.15, -0.1) is 0 Å². The lowest BCUT2D eigenvalue weighted by Gasteiger charge is -2.18. The molecule has 2 aliphatic heterocycles. The maximum absolute atomic E-state index is 12.9. The van der Waals surface area contributed by atoms with Crippen LogP contribution in [-0.2, 0) is 27.9 Å². The molecule has 0 atom stereocenters. The Kier molecular flexibility index (Phi) is 7.40. The molecule has 0 bridgehead atoms. The molecule has 2 heterocycles. The van der Waals surface area contributed by atoms with Crippen LogP contribution in [0, 0.1) is 0 Å². The molecule has 1 amide bonds. The third-order valence-electron chi connectivity index (χ3n) is 5.16. The molecule has 178 valence electrons. The summed E-state index contributed by atoms with van der Waals surface area (Å²) in [6.45, 7) is 2.62. The highest BCUT2D eigenvalue weighted by Crippen LogP contribution is 2.28. The molecule has 0 aliphatic carbocycles. The number of carbonyl (C=O) groups excluding carboxylic acids is 1. The van der Waals surface area contributed by atoms with Gasteiger partial charge >= 0.3 is 12.1 Å². The van der Waals surface area contributed by atoms with Crippen LogP contribution in [-0.4, -0.2) is 49.0 Å². The van der Waals surface area contributed by atoms with Crippen LogP contribution < -0.4 is 10.6 Å². The van der Waals surface area contributed by atoms with Crippen molar-refractivity contribution in [2.75, 3.05) is 18.4 Å². The number of alkyl halides is 3. The van der Waals surface area contributed by atoms with E-state index in [1.807, 2.05) is 12.1 Å². The van der Waals surface area contributed by atoms with Crippen molar-refractivity contribution in [2.24, 2.45) is 0 Å². The Morgan fingerprint density at radius 1 is 1.00 bits per heavy atom. The molecule has 1 saturated heterocycles. The third kappa shape index (κ3) is 5.89. The first-order chi connectivity index (χ1) is 15.5. The first-order valence-electron chi connectivity index (χ1n) is 10.0. The predicted molar refractivity (Wildman–Crippen MR) is 113 cm³/mol. The maximum Gasteiger partial charge on any atom is 0.490 e. The van der Waals surface area contributed by atoms with Crippen LogP contribution in [0.1, 0.15) is 34.3 Å². The van der Waals surface area contributed by atoms with Crippen molar-refractivity contribution >= 4 is 27.6 Å². The van der Waals surface area contributed by atoms with Crippen molar-refractivity contribution in [1.29, 1.82) is 0 Å². The molecule has 2 aliphatic rings. The molecular weight excluding hydrogens is 463 g/mol. The van der Waals surface area contributed by atoms with Crippen molar-refractivity contribution < 1.29 is 36.3 Å². The largest absolute Gasteiger partial charge is 0.490 e. The minimum atomic E-state index is -5.08. The van der Waals surface area contributed by atoms with Gasteiger partial charge in [-0.3, -0.25) is 4.79 Å². The first kappa shape index (κ1) is 24.7. The second-order valence-electron chi connectivity index (χ2n) is 7.45. The number of sulfonamides is 1. The van der Waals surface area contributed by atoms with Gasteiger partial charge in [0.1, 0.15) is 4.90 Å². The SMILES string of the molecule is O=C(Nc1ccccc1S(=O)(=O)N1CCCC1)c1ccc2c(c1)CNC2.O=C(O)C(F)(F)F. The normalized spacial score (nSPS) is 16.0. The number of carboxylic acids is 1. The number of benzene rings is 2. The summed E-state index contributed by atoms with van der Waals surface area (Å²) in [5.74, 6) is -3.06. The molecule has 8 nitrogen and oxygen atoms in total. The van der Waals surface area contributed by atoms with Gasteiger partial charge in [-0.2, -0.15) is 17.5 Å². The molecule has 4 rings (SSSR count). The lowest BCUT2D eigenvalue weighted by atomic mass is 10.1. The molecule has 0 aromatic heterocycles. The van der Waals surface area contributed by atoms with Crippen LogP contribution in [0.3, 0.4) is 0 Å². The van der Waals surface area contributed by atoms with Crippen molar-refractivity contribution in [2.45, 2.75) is 37.0 Å². The summed E-state index contributed by atoms with van der Waals surface area (Å²) in [6.07, 6.45) is -3.34. The lowest BCUT2D eigenvalue weighted by molar-refractivity contribution is -0.192. The summed E-state index contributed by atoms with van der Waals surface area (Å²) in [7, 11) is -3.60. The Balaban J connectivity index is 0.000000383. The van der Waals surface area contributed by atoms with Crippen LogP contribution in [0.25, 0.3) is 0 Å². The molecule has 0 spiro atoms. The number of halogens is 3. The number of amides is 1. The summed E-state index contributed by atoms with van der Waals surface area (Å²) in [5.41, 5.74) is 3.15. The fraction of sp³-hybridized carbons (Fsp3) is 0.333. The van der Waals surface area contributed by atoms with E-state index in [-0.39, 0.29) is 10.8 Å². The molecule has 0 unspecified atom stereocenters. The Morgan fingerprint density at radius 3 is 2.24 bits per heavy atom. The minimum Gasteiger partial charge on any atom is -0.475 e. The highest BCUT2D eigenvalue weighted by Gasteiger charge is 2.38. The van der Waals surface area contributed by atoms with Crippen LogP contribution >= 0.6 is 0 Å². The molecule has 0 radical (unpaired) electrons. The molecule has 2 aromatic rings. The van der Waals surface area contributed by atoms with Gasteiger partial charge in [0.2, 0.25) is 10.0 Å². The van der Waals surface area contributed by atoms with E-state index in [0.717, 1.165) is 31.5 Å². The second kappa shape index (κ2) is 9.89. The summed E-state index contributed by atoms with van der Waals surface area (Å²) < 4.78 is 59.0. The van der Waals surface area contributed by atoms with Gasteiger partial charge in [-0.25, -0.2) is 13.2 Å². The van der Waals surface area contributed by atoms with Gasteiger partial charge < -0.3 is 15.7 Å². The van der Waals surface area contributed by atoms with Crippen molar-refractivity contribution in [1.82, 2.24) is 9.62 Å². The van der Waals surface area contributed by atoms with E-state index in [9.17, 15) is 26.4 Å². The average Bonchev–Trinajstić information content (AvgIpc) is 3.45.